The molecular weight excluding hydrogens is 1230 g/mol. The van der Waals surface area contributed by atoms with Gasteiger partial charge in [0, 0.05) is 25.7 Å². The number of phosphoric ester groups is 2. The first-order chi connectivity index (χ1) is 45.4. The Labute approximate surface area is 575 Å². The van der Waals surface area contributed by atoms with Gasteiger partial charge in [-0.15, -0.1) is 0 Å². The zero-order chi connectivity index (χ0) is 69.3. The maximum absolute atomic E-state index is 13.1. The molecule has 0 amide bonds. The van der Waals surface area contributed by atoms with Crippen molar-refractivity contribution in [1.82, 2.24) is 0 Å². The van der Waals surface area contributed by atoms with Gasteiger partial charge < -0.3 is 33.8 Å². The van der Waals surface area contributed by atoms with E-state index in [1.165, 1.54) is 199 Å². The van der Waals surface area contributed by atoms with Crippen molar-refractivity contribution in [3.8, 4) is 0 Å². The van der Waals surface area contributed by atoms with Crippen LogP contribution < -0.4 is 0 Å². The second-order valence-electron chi connectivity index (χ2n) is 28.0. The van der Waals surface area contributed by atoms with E-state index in [2.05, 4.69) is 41.5 Å². The Morgan fingerprint density at radius 1 is 0.287 bits per heavy atom. The highest BCUT2D eigenvalue weighted by atomic mass is 31.2. The number of hydrogen-bond acceptors (Lipinski definition) is 15. The molecule has 0 spiro atoms. The van der Waals surface area contributed by atoms with Crippen LogP contribution in [0.1, 0.15) is 388 Å². The number of aliphatic hydroxyl groups is 1. The Hall–Kier alpha value is -1.94. The van der Waals surface area contributed by atoms with Crippen LogP contribution in [0.25, 0.3) is 0 Å². The van der Waals surface area contributed by atoms with Gasteiger partial charge in [0.05, 0.1) is 26.4 Å². The first-order valence-electron chi connectivity index (χ1n) is 39.0. The lowest BCUT2D eigenvalue weighted by Gasteiger charge is -2.21. The number of carbonyl (C=O) groups excluding carboxylic acids is 4. The second-order valence-corrected chi connectivity index (χ2v) is 30.9. The molecule has 19 heteroatoms. The normalized spacial score (nSPS) is 14.0. The number of phosphoric acid groups is 2. The van der Waals surface area contributed by atoms with E-state index in [-0.39, 0.29) is 25.7 Å². The molecule has 94 heavy (non-hydrogen) atoms. The molecule has 0 saturated heterocycles. The zero-order valence-electron chi connectivity index (χ0n) is 61.3. The largest absolute Gasteiger partial charge is 0.472 e. The summed E-state index contributed by atoms with van der Waals surface area (Å²) < 4.78 is 68.3. The van der Waals surface area contributed by atoms with Crippen LogP contribution in [0.15, 0.2) is 0 Å². The molecule has 0 heterocycles. The summed E-state index contributed by atoms with van der Waals surface area (Å²) in [5.41, 5.74) is 0. The fourth-order valence-corrected chi connectivity index (χ4v) is 13.1. The van der Waals surface area contributed by atoms with Gasteiger partial charge in [-0.05, 0) is 37.5 Å². The maximum Gasteiger partial charge on any atom is 0.472 e. The number of hydrogen-bond donors (Lipinski definition) is 3. The number of carbonyl (C=O) groups is 4. The Balaban J connectivity index is 5.14. The monoisotopic (exact) mass is 1380 g/mol. The van der Waals surface area contributed by atoms with E-state index in [9.17, 15) is 43.2 Å². The van der Waals surface area contributed by atoms with Gasteiger partial charge in [0.2, 0.25) is 0 Å². The molecule has 0 aliphatic rings. The fraction of sp³-hybridized carbons (Fsp3) is 0.947. The van der Waals surface area contributed by atoms with Crippen LogP contribution in [0.4, 0.5) is 0 Å². The van der Waals surface area contributed by atoms with Gasteiger partial charge in [0.15, 0.2) is 12.2 Å². The van der Waals surface area contributed by atoms with Crippen LogP contribution >= 0.6 is 15.6 Å². The molecule has 2 unspecified atom stereocenters. The van der Waals surface area contributed by atoms with Crippen molar-refractivity contribution in [2.45, 2.75) is 407 Å². The third-order valence-electron chi connectivity index (χ3n) is 17.5. The standard InChI is InChI=1S/C75H146O17P2/c1-7-9-11-13-15-17-18-19-20-21-22-23-24-25-26-27-28-33-36-40-47-53-59-74(79)91-70(63-86-73(78)58-52-46-39-35-32-30-29-31-34-37-43-49-55-67(3)4)65-89-93(81,82)87-61-69(76)62-88-94(83,84)90-66-71(64-85-72(77)57-51-45-38-16-14-12-10-8-2)92-75(80)60-54-48-42-41-44-50-56-68(5)6/h67-71,76H,7-66H2,1-6H3,(H,81,82)(H,83,84)/t69-,70-,71-/m1/s1. The van der Waals surface area contributed by atoms with E-state index in [1.54, 1.807) is 0 Å². The van der Waals surface area contributed by atoms with Crippen molar-refractivity contribution < 1.29 is 80.2 Å². The average Bonchev–Trinajstić information content (AvgIpc) is 1.58. The molecular formula is C75H146O17P2. The fourth-order valence-electron chi connectivity index (χ4n) is 11.5. The van der Waals surface area contributed by atoms with Crippen molar-refractivity contribution in [2.24, 2.45) is 11.8 Å². The highest BCUT2D eigenvalue weighted by Crippen LogP contribution is 2.45. The highest BCUT2D eigenvalue weighted by Gasteiger charge is 2.30. The second kappa shape index (κ2) is 66.9. The van der Waals surface area contributed by atoms with Crippen molar-refractivity contribution in [3.05, 3.63) is 0 Å². The minimum atomic E-state index is -4.96. The van der Waals surface area contributed by atoms with E-state index in [1.807, 2.05) is 0 Å². The van der Waals surface area contributed by atoms with Crippen molar-refractivity contribution in [3.63, 3.8) is 0 Å². The minimum absolute atomic E-state index is 0.102. The van der Waals surface area contributed by atoms with Crippen LogP contribution in [-0.2, 0) is 65.4 Å². The molecule has 558 valence electrons. The van der Waals surface area contributed by atoms with E-state index in [4.69, 9.17) is 37.0 Å². The molecule has 0 aliphatic heterocycles. The number of esters is 4. The summed E-state index contributed by atoms with van der Waals surface area (Å²) in [5, 5.41) is 10.6. The zero-order valence-corrected chi connectivity index (χ0v) is 63.1. The van der Waals surface area contributed by atoms with Crippen LogP contribution in [0.2, 0.25) is 0 Å². The summed E-state index contributed by atoms with van der Waals surface area (Å²) in [7, 11) is -9.90. The molecule has 3 N–H and O–H groups in total. The molecule has 0 fully saturated rings. The van der Waals surface area contributed by atoms with E-state index >= 15 is 0 Å². The highest BCUT2D eigenvalue weighted by molar-refractivity contribution is 7.47. The lowest BCUT2D eigenvalue weighted by Crippen LogP contribution is -2.30. The molecule has 17 nitrogen and oxygen atoms in total. The molecule has 0 aromatic carbocycles. The number of rotatable bonds is 74. The van der Waals surface area contributed by atoms with Gasteiger partial charge >= 0.3 is 39.5 Å². The summed E-state index contributed by atoms with van der Waals surface area (Å²) in [6.07, 6.45) is 54.6. The Bertz CT molecular complexity index is 1820. The molecule has 0 aromatic rings. The van der Waals surface area contributed by atoms with Gasteiger partial charge in [-0.3, -0.25) is 37.3 Å². The molecule has 0 rings (SSSR count). The summed E-state index contributed by atoms with van der Waals surface area (Å²) in [6, 6.07) is 0. The van der Waals surface area contributed by atoms with Gasteiger partial charge in [-0.1, -0.05) is 337 Å². The third kappa shape index (κ3) is 68.6. The predicted octanol–water partition coefficient (Wildman–Crippen LogP) is 21.9. The SMILES string of the molecule is CCCCCCCCCCCCCCCCCCCCCCCCC(=O)O[C@H](COC(=O)CCCCCCCCCCCCCCC(C)C)COP(=O)(O)OC[C@@H](O)COP(=O)(O)OC[C@@H](COC(=O)CCCCCCCCCC)OC(=O)CCCCCCCCC(C)C. The average molecular weight is 1380 g/mol. The minimum Gasteiger partial charge on any atom is -0.462 e. The molecule has 0 saturated carbocycles. The predicted molar refractivity (Wildman–Crippen MR) is 381 cm³/mol. The van der Waals surface area contributed by atoms with Crippen LogP contribution in [0.3, 0.4) is 0 Å². The lowest BCUT2D eigenvalue weighted by molar-refractivity contribution is -0.161. The maximum atomic E-state index is 13.1. The summed E-state index contributed by atoms with van der Waals surface area (Å²) in [5.74, 6) is -0.675. The number of unbranched alkanes of at least 4 members (excludes halogenated alkanes) is 44. The summed E-state index contributed by atoms with van der Waals surface area (Å²) >= 11 is 0. The first-order valence-corrected chi connectivity index (χ1v) is 42.0. The first kappa shape index (κ1) is 92.1. The van der Waals surface area contributed by atoms with Gasteiger partial charge in [-0.25, -0.2) is 9.13 Å². The summed E-state index contributed by atoms with van der Waals surface area (Å²) in [4.78, 5) is 72.6. The molecule has 0 aromatic heterocycles. The molecule has 0 aliphatic carbocycles. The quantitative estimate of drug-likeness (QED) is 0.0222. The van der Waals surface area contributed by atoms with Crippen molar-refractivity contribution in [2.75, 3.05) is 39.6 Å². The Morgan fingerprint density at radius 2 is 0.489 bits per heavy atom. The van der Waals surface area contributed by atoms with E-state index in [0.717, 1.165) is 102 Å². The Morgan fingerprint density at radius 3 is 0.723 bits per heavy atom. The van der Waals surface area contributed by atoms with Gasteiger partial charge in [0.25, 0.3) is 0 Å². The summed E-state index contributed by atoms with van der Waals surface area (Å²) in [6.45, 7) is 9.47. The van der Waals surface area contributed by atoms with Crippen LogP contribution in [0, 0.1) is 11.8 Å². The van der Waals surface area contributed by atoms with E-state index in [0.29, 0.717) is 31.6 Å². The van der Waals surface area contributed by atoms with Crippen LogP contribution in [-0.4, -0.2) is 96.7 Å². The van der Waals surface area contributed by atoms with Crippen molar-refractivity contribution in [1.29, 1.82) is 0 Å². The molecule has 0 radical (unpaired) electrons. The van der Waals surface area contributed by atoms with Crippen molar-refractivity contribution >= 4 is 39.5 Å². The van der Waals surface area contributed by atoms with Gasteiger partial charge in [0.1, 0.15) is 19.3 Å². The smallest absolute Gasteiger partial charge is 0.462 e. The molecule has 0 bridgehead atoms. The number of aliphatic hydroxyl groups excluding tert-OH is 1. The molecule has 5 atom stereocenters. The van der Waals surface area contributed by atoms with Gasteiger partial charge in [-0.2, -0.15) is 0 Å². The lowest BCUT2D eigenvalue weighted by atomic mass is 10.0. The van der Waals surface area contributed by atoms with Crippen LogP contribution in [0.5, 0.6) is 0 Å². The topological polar surface area (TPSA) is 237 Å². The number of ether oxygens (including phenoxy) is 4. The Kier molecular flexibility index (Phi) is 65.5. The third-order valence-corrected chi connectivity index (χ3v) is 19.4. The van der Waals surface area contributed by atoms with E-state index < -0.39 is 97.5 Å².